The molecule has 32 heavy (non-hydrogen) atoms. The van der Waals surface area contributed by atoms with Crippen LogP contribution in [-0.4, -0.2) is 62.7 Å². The van der Waals surface area contributed by atoms with Gasteiger partial charge in [-0.05, 0) is 30.7 Å². The van der Waals surface area contributed by atoms with E-state index in [1.807, 2.05) is 4.90 Å². The van der Waals surface area contributed by atoms with Gasteiger partial charge in [0.25, 0.3) is 5.91 Å². The lowest BCUT2D eigenvalue weighted by Crippen LogP contribution is -2.46. The fourth-order valence-corrected chi connectivity index (χ4v) is 3.35. The summed E-state index contributed by atoms with van der Waals surface area (Å²) < 4.78 is 30.0. The molecule has 1 aliphatic rings. The Morgan fingerprint density at radius 1 is 1.25 bits per heavy atom. The third kappa shape index (κ3) is 7.46. The van der Waals surface area contributed by atoms with Crippen LogP contribution in [-0.2, 0) is 0 Å². The van der Waals surface area contributed by atoms with Crippen LogP contribution in [0.15, 0.2) is 53.8 Å². The van der Waals surface area contributed by atoms with Crippen LogP contribution in [0.2, 0.25) is 0 Å². The highest BCUT2D eigenvalue weighted by Gasteiger charge is 2.26. The number of carbonyl (C=O) groups is 1. The zero-order chi connectivity index (χ0) is 22.1. The fourth-order valence-electron chi connectivity index (χ4n) is 3.35. The summed E-state index contributed by atoms with van der Waals surface area (Å²) in [5, 5.41) is 9.31. The van der Waals surface area contributed by atoms with Crippen molar-refractivity contribution in [2.24, 2.45) is 4.99 Å². The standard InChI is InChI=1S/C21H26F2N6O2.HI/c1-24-21(27-11-10-26-19(30)15-5-4-9-25-13-15)28-16-8-12-29(14-16)17-6-2-3-7-18(17)31-20(22)23;/h2-7,9,13,16,20H,8,10-12,14H2,1H3,(H,26,30)(H2,24,27,28);1H. The molecule has 1 saturated heterocycles. The molecule has 11 heteroatoms. The Morgan fingerprint density at radius 2 is 2.03 bits per heavy atom. The summed E-state index contributed by atoms with van der Waals surface area (Å²) in [7, 11) is 1.67. The third-order valence-electron chi connectivity index (χ3n) is 4.80. The number of anilines is 1. The number of hydrogen-bond acceptors (Lipinski definition) is 5. The first kappa shape index (κ1) is 25.6. The Hall–Kier alpha value is -2.70. The van der Waals surface area contributed by atoms with Crippen molar-refractivity contribution in [1.82, 2.24) is 20.9 Å². The van der Waals surface area contributed by atoms with E-state index in [0.29, 0.717) is 43.4 Å². The highest BCUT2D eigenvalue weighted by molar-refractivity contribution is 14.0. The molecule has 3 N–H and O–H groups in total. The van der Waals surface area contributed by atoms with Gasteiger partial charge in [0.05, 0.1) is 11.3 Å². The minimum absolute atomic E-state index is 0. The summed E-state index contributed by atoms with van der Waals surface area (Å²) >= 11 is 0. The molecule has 1 aromatic heterocycles. The van der Waals surface area contributed by atoms with E-state index in [1.165, 1.54) is 6.20 Å². The summed E-state index contributed by atoms with van der Waals surface area (Å²) in [6.45, 7) is -0.613. The summed E-state index contributed by atoms with van der Waals surface area (Å²) in [6, 6.07) is 10.3. The number of para-hydroxylation sites is 2. The lowest BCUT2D eigenvalue weighted by Gasteiger charge is -2.22. The number of nitrogens with one attached hydrogen (secondary N) is 3. The van der Waals surface area contributed by atoms with Gasteiger partial charge in [-0.25, -0.2) is 0 Å². The Bertz CT molecular complexity index is 888. The van der Waals surface area contributed by atoms with E-state index in [2.05, 4.69) is 30.7 Å². The van der Waals surface area contributed by atoms with Crippen molar-refractivity contribution in [3.05, 3.63) is 54.4 Å². The molecule has 0 bridgehead atoms. The van der Waals surface area contributed by atoms with Gasteiger partial charge in [0.2, 0.25) is 0 Å². The lowest BCUT2D eigenvalue weighted by molar-refractivity contribution is -0.0495. The van der Waals surface area contributed by atoms with Gasteiger partial charge >= 0.3 is 6.61 Å². The van der Waals surface area contributed by atoms with Gasteiger partial charge < -0.3 is 25.6 Å². The molecule has 1 aromatic carbocycles. The molecule has 3 rings (SSSR count). The van der Waals surface area contributed by atoms with E-state index in [-0.39, 0.29) is 41.7 Å². The van der Waals surface area contributed by atoms with Gasteiger partial charge in [-0.1, -0.05) is 12.1 Å². The number of rotatable bonds is 8. The van der Waals surface area contributed by atoms with Gasteiger partial charge in [-0.15, -0.1) is 24.0 Å². The largest absolute Gasteiger partial charge is 0.433 e. The molecule has 0 radical (unpaired) electrons. The van der Waals surface area contributed by atoms with E-state index in [1.54, 1.807) is 49.6 Å². The third-order valence-corrected chi connectivity index (χ3v) is 4.80. The predicted molar refractivity (Wildman–Crippen MR) is 130 cm³/mol. The van der Waals surface area contributed by atoms with E-state index in [0.717, 1.165) is 6.42 Å². The minimum Gasteiger partial charge on any atom is -0.433 e. The maximum atomic E-state index is 12.7. The number of ether oxygens (including phenoxy) is 1. The Morgan fingerprint density at radius 3 is 2.75 bits per heavy atom. The molecule has 0 saturated carbocycles. The molecule has 2 aromatic rings. The number of alkyl halides is 2. The fraction of sp³-hybridized carbons (Fsp3) is 0.381. The van der Waals surface area contributed by atoms with Crippen LogP contribution in [0.4, 0.5) is 14.5 Å². The van der Waals surface area contributed by atoms with E-state index in [9.17, 15) is 13.6 Å². The van der Waals surface area contributed by atoms with Gasteiger partial charge in [-0.3, -0.25) is 14.8 Å². The van der Waals surface area contributed by atoms with Crippen molar-refractivity contribution in [3.63, 3.8) is 0 Å². The number of carbonyl (C=O) groups excluding carboxylic acids is 1. The molecule has 0 aliphatic carbocycles. The lowest BCUT2D eigenvalue weighted by atomic mass is 10.2. The van der Waals surface area contributed by atoms with Crippen molar-refractivity contribution in [2.45, 2.75) is 19.1 Å². The smallest absolute Gasteiger partial charge is 0.387 e. The number of guanidine groups is 1. The quantitative estimate of drug-likeness (QED) is 0.199. The Balaban J connectivity index is 0.00000363. The number of aromatic nitrogens is 1. The van der Waals surface area contributed by atoms with Crippen molar-refractivity contribution in [3.8, 4) is 5.75 Å². The average Bonchev–Trinajstić information content (AvgIpc) is 3.24. The summed E-state index contributed by atoms with van der Waals surface area (Å²) in [4.78, 5) is 22.2. The van der Waals surface area contributed by atoms with Crippen molar-refractivity contribution < 1.29 is 18.3 Å². The molecule has 0 spiro atoms. The number of amides is 1. The van der Waals surface area contributed by atoms with Crippen molar-refractivity contribution in [2.75, 3.05) is 38.1 Å². The van der Waals surface area contributed by atoms with Gasteiger partial charge in [-0.2, -0.15) is 8.78 Å². The topological polar surface area (TPSA) is 90.9 Å². The second kappa shape index (κ2) is 13.0. The van der Waals surface area contributed by atoms with Crippen LogP contribution in [0.1, 0.15) is 16.8 Å². The molecular formula is C21H27F2IN6O2. The van der Waals surface area contributed by atoms with Crippen LogP contribution in [0.25, 0.3) is 0 Å². The first-order valence-corrected chi connectivity index (χ1v) is 10.0. The molecule has 1 amide bonds. The van der Waals surface area contributed by atoms with Crippen molar-refractivity contribution in [1.29, 1.82) is 0 Å². The number of halogens is 3. The first-order chi connectivity index (χ1) is 15.1. The SMILES string of the molecule is CN=C(NCCNC(=O)c1cccnc1)NC1CCN(c2ccccc2OC(F)F)C1.I. The number of pyridine rings is 1. The number of benzene rings is 1. The molecule has 2 heterocycles. The zero-order valence-electron chi connectivity index (χ0n) is 17.6. The zero-order valence-corrected chi connectivity index (χ0v) is 20.0. The Labute approximate surface area is 202 Å². The second-order valence-electron chi connectivity index (χ2n) is 6.92. The maximum absolute atomic E-state index is 12.7. The Kier molecular flexibility index (Phi) is 10.4. The highest BCUT2D eigenvalue weighted by Crippen LogP contribution is 2.31. The number of hydrogen-bond donors (Lipinski definition) is 3. The van der Waals surface area contributed by atoms with E-state index in [4.69, 9.17) is 0 Å². The summed E-state index contributed by atoms with van der Waals surface area (Å²) in [5.41, 5.74) is 1.15. The first-order valence-electron chi connectivity index (χ1n) is 10.0. The second-order valence-corrected chi connectivity index (χ2v) is 6.92. The predicted octanol–water partition coefficient (Wildman–Crippen LogP) is 2.47. The number of aliphatic imine (C=N–C) groups is 1. The number of nitrogens with zero attached hydrogens (tertiary/aromatic N) is 3. The van der Waals surface area contributed by atoms with Crippen LogP contribution in [0.5, 0.6) is 5.75 Å². The van der Waals surface area contributed by atoms with E-state index < -0.39 is 6.61 Å². The van der Waals surface area contributed by atoms with Crippen LogP contribution < -0.4 is 25.6 Å². The molecule has 1 fully saturated rings. The van der Waals surface area contributed by atoms with Gasteiger partial charge in [0.1, 0.15) is 5.75 Å². The molecule has 174 valence electrons. The van der Waals surface area contributed by atoms with Crippen LogP contribution in [0, 0.1) is 0 Å². The average molecular weight is 560 g/mol. The minimum atomic E-state index is -2.86. The normalized spacial score (nSPS) is 15.8. The monoisotopic (exact) mass is 560 g/mol. The van der Waals surface area contributed by atoms with E-state index >= 15 is 0 Å². The summed E-state index contributed by atoms with van der Waals surface area (Å²) in [6.07, 6.45) is 3.95. The molecule has 1 aliphatic heterocycles. The highest BCUT2D eigenvalue weighted by atomic mass is 127. The summed E-state index contributed by atoms with van der Waals surface area (Å²) in [5.74, 6) is 0.596. The van der Waals surface area contributed by atoms with Crippen LogP contribution >= 0.6 is 24.0 Å². The van der Waals surface area contributed by atoms with Gasteiger partial charge in [0.15, 0.2) is 5.96 Å². The molecule has 8 nitrogen and oxygen atoms in total. The maximum Gasteiger partial charge on any atom is 0.387 e. The molecule has 1 unspecified atom stereocenters. The molecule has 1 atom stereocenters. The van der Waals surface area contributed by atoms with Crippen molar-refractivity contribution >= 4 is 41.5 Å². The van der Waals surface area contributed by atoms with Crippen LogP contribution in [0.3, 0.4) is 0 Å². The molecular weight excluding hydrogens is 533 g/mol. The van der Waals surface area contributed by atoms with Gasteiger partial charge in [0, 0.05) is 51.7 Å².